The van der Waals surface area contributed by atoms with Crippen molar-refractivity contribution in [3.8, 4) is 0 Å². The summed E-state index contributed by atoms with van der Waals surface area (Å²) in [4.78, 5) is 21.3. The Hall–Kier alpha value is -2.75. The summed E-state index contributed by atoms with van der Waals surface area (Å²) >= 11 is 8.78. The van der Waals surface area contributed by atoms with Crippen LogP contribution in [0.5, 0.6) is 0 Å². The minimum absolute atomic E-state index is 0.165. The number of nitrogens with zero attached hydrogens (tertiary/aromatic N) is 5. The summed E-state index contributed by atoms with van der Waals surface area (Å²) in [6.45, 7) is 0. The van der Waals surface area contributed by atoms with Crippen LogP contribution in [0.2, 0.25) is 5.02 Å². The fourth-order valence-corrected chi connectivity index (χ4v) is 4.72. The van der Waals surface area contributed by atoms with E-state index in [1.165, 1.54) is 23.1 Å². The number of hydrogen-bond acceptors (Lipinski definition) is 7. The van der Waals surface area contributed by atoms with Crippen LogP contribution in [0.4, 0.5) is 5.13 Å². The number of amides is 1. The first kappa shape index (κ1) is 18.3. The number of thioether (sulfide) groups is 1. The number of halogens is 1. The summed E-state index contributed by atoms with van der Waals surface area (Å²) in [5.41, 5.74) is 3.23. The van der Waals surface area contributed by atoms with Gasteiger partial charge in [-0.05, 0) is 30.3 Å². The van der Waals surface area contributed by atoms with E-state index in [4.69, 9.17) is 11.6 Å². The van der Waals surface area contributed by atoms with Crippen LogP contribution >= 0.6 is 34.7 Å². The van der Waals surface area contributed by atoms with E-state index in [-0.39, 0.29) is 11.7 Å². The molecule has 0 atom stereocenters. The predicted molar refractivity (Wildman–Crippen MR) is 118 cm³/mol. The molecule has 1 amide bonds. The highest BCUT2D eigenvalue weighted by molar-refractivity contribution is 7.99. The third kappa shape index (κ3) is 3.41. The number of anilines is 1. The zero-order chi connectivity index (χ0) is 20.0. The summed E-state index contributed by atoms with van der Waals surface area (Å²) in [5, 5.41) is 13.9. The van der Waals surface area contributed by atoms with Crippen molar-refractivity contribution in [2.75, 3.05) is 11.1 Å². The smallest absolute Gasteiger partial charge is 0.236 e. The fraction of sp³-hybridized carbons (Fsp3) is 0.105. The third-order valence-electron chi connectivity index (χ3n) is 4.41. The molecule has 0 aliphatic heterocycles. The highest BCUT2D eigenvalue weighted by Crippen LogP contribution is 2.29. The number of aromatic nitrogens is 5. The zero-order valence-corrected chi connectivity index (χ0v) is 17.5. The van der Waals surface area contributed by atoms with Gasteiger partial charge in [-0.2, -0.15) is 0 Å². The summed E-state index contributed by atoms with van der Waals surface area (Å²) in [5.74, 6) is 0.000352. The molecule has 7 nitrogen and oxygen atoms in total. The Bertz CT molecular complexity index is 1360. The van der Waals surface area contributed by atoms with Gasteiger partial charge in [0.15, 0.2) is 10.8 Å². The number of carbonyl (C=O) groups excluding carboxylic acids is 1. The molecule has 3 heterocycles. The van der Waals surface area contributed by atoms with Gasteiger partial charge in [0.25, 0.3) is 0 Å². The molecular formula is C19H13ClN6OS2. The number of rotatable bonds is 4. The molecular weight excluding hydrogens is 428 g/mol. The Morgan fingerprint density at radius 1 is 1.21 bits per heavy atom. The Labute approximate surface area is 178 Å². The van der Waals surface area contributed by atoms with Crippen LogP contribution in [0.15, 0.2) is 47.6 Å². The summed E-state index contributed by atoms with van der Waals surface area (Å²) in [6.07, 6.45) is 0. The van der Waals surface area contributed by atoms with Gasteiger partial charge in [0.1, 0.15) is 5.52 Å². The lowest BCUT2D eigenvalue weighted by molar-refractivity contribution is -0.113. The van der Waals surface area contributed by atoms with Crippen molar-refractivity contribution in [2.24, 2.45) is 7.05 Å². The van der Waals surface area contributed by atoms with Crippen LogP contribution in [0, 0.1) is 0 Å². The average Bonchev–Trinajstić information content (AvgIpc) is 3.24. The van der Waals surface area contributed by atoms with E-state index in [2.05, 4.69) is 25.5 Å². The Balaban J connectivity index is 1.34. The minimum Gasteiger partial charge on any atom is -0.327 e. The topological polar surface area (TPSA) is 85.6 Å². The molecule has 1 N–H and O–H groups in total. The molecule has 0 fully saturated rings. The molecule has 10 heteroatoms. The maximum Gasteiger partial charge on any atom is 0.236 e. The fourth-order valence-electron chi connectivity index (χ4n) is 3.09. The van der Waals surface area contributed by atoms with Crippen molar-refractivity contribution >= 4 is 78.0 Å². The Kier molecular flexibility index (Phi) is 4.57. The van der Waals surface area contributed by atoms with E-state index in [9.17, 15) is 4.79 Å². The SMILES string of the molecule is Cn1c2ccc(Cl)cc2c2nnc(SCC(=O)Nc3nc4ccccc4s3)nc21. The molecule has 0 saturated heterocycles. The number of nitrogens with one attached hydrogen (secondary N) is 1. The van der Waals surface area contributed by atoms with Crippen molar-refractivity contribution in [2.45, 2.75) is 5.16 Å². The van der Waals surface area contributed by atoms with Gasteiger partial charge in [-0.3, -0.25) is 4.79 Å². The van der Waals surface area contributed by atoms with Gasteiger partial charge in [0, 0.05) is 17.5 Å². The molecule has 29 heavy (non-hydrogen) atoms. The lowest BCUT2D eigenvalue weighted by Gasteiger charge is -2.01. The monoisotopic (exact) mass is 440 g/mol. The van der Waals surface area contributed by atoms with Crippen LogP contribution in [0.1, 0.15) is 0 Å². The highest BCUT2D eigenvalue weighted by atomic mass is 35.5. The number of hydrogen-bond donors (Lipinski definition) is 1. The average molecular weight is 441 g/mol. The van der Waals surface area contributed by atoms with Gasteiger partial charge >= 0.3 is 0 Å². The van der Waals surface area contributed by atoms with E-state index in [0.717, 1.165) is 21.1 Å². The molecule has 5 aromatic rings. The van der Waals surface area contributed by atoms with Gasteiger partial charge < -0.3 is 9.88 Å². The van der Waals surface area contributed by atoms with Gasteiger partial charge in [0.05, 0.1) is 21.5 Å². The lowest BCUT2D eigenvalue weighted by Crippen LogP contribution is -2.14. The second-order valence-corrected chi connectivity index (χ2v) is 8.72. The van der Waals surface area contributed by atoms with E-state index < -0.39 is 0 Å². The molecule has 144 valence electrons. The Morgan fingerprint density at radius 2 is 2.07 bits per heavy atom. The van der Waals surface area contributed by atoms with Crippen molar-refractivity contribution in [1.82, 2.24) is 24.7 Å². The second kappa shape index (κ2) is 7.25. The number of para-hydroxylation sites is 1. The minimum atomic E-state index is -0.165. The number of fused-ring (bicyclic) bond motifs is 4. The van der Waals surface area contributed by atoms with Crippen LogP contribution in [0.25, 0.3) is 32.3 Å². The van der Waals surface area contributed by atoms with Crippen LogP contribution < -0.4 is 5.32 Å². The molecule has 0 spiro atoms. The van der Waals surface area contributed by atoms with Crippen molar-refractivity contribution < 1.29 is 4.79 Å². The molecule has 2 aromatic carbocycles. The second-order valence-electron chi connectivity index (χ2n) is 6.31. The molecule has 0 unspecified atom stereocenters. The van der Waals surface area contributed by atoms with Gasteiger partial charge in [-0.1, -0.05) is 46.8 Å². The molecule has 5 rings (SSSR count). The van der Waals surface area contributed by atoms with E-state index in [1.807, 2.05) is 54.1 Å². The molecule has 0 saturated carbocycles. The first-order valence-corrected chi connectivity index (χ1v) is 10.8. The van der Waals surface area contributed by atoms with Gasteiger partial charge in [-0.25, -0.2) is 9.97 Å². The number of benzene rings is 2. The maximum atomic E-state index is 12.3. The number of thiazole rings is 1. The third-order valence-corrected chi connectivity index (χ3v) is 6.44. The first-order valence-electron chi connectivity index (χ1n) is 8.65. The largest absolute Gasteiger partial charge is 0.327 e. The normalized spacial score (nSPS) is 11.5. The van der Waals surface area contributed by atoms with E-state index in [1.54, 1.807) is 0 Å². The number of carbonyl (C=O) groups is 1. The van der Waals surface area contributed by atoms with Gasteiger partial charge in [0.2, 0.25) is 11.1 Å². The standard InChI is InChI=1S/C19H13ClN6OS2/c1-26-13-7-6-10(20)8-11(13)16-17(26)23-19(25-24-16)28-9-15(27)22-18-21-12-4-2-3-5-14(12)29-18/h2-8H,9H2,1H3,(H,21,22,27). The number of aryl methyl sites for hydroxylation is 1. The molecule has 0 bridgehead atoms. The summed E-state index contributed by atoms with van der Waals surface area (Å²) in [6, 6.07) is 13.4. The van der Waals surface area contributed by atoms with Gasteiger partial charge in [-0.15, -0.1) is 10.2 Å². The Morgan fingerprint density at radius 3 is 2.93 bits per heavy atom. The highest BCUT2D eigenvalue weighted by Gasteiger charge is 2.14. The maximum absolute atomic E-state index is 12.3. The summed E-state index contributed by atoms with van der Waals surface area (Å²) in [7, 11) is 1.92. The van der Waals surface area contributed by atoms with E-state index >= 15 is 0 Å². The summed E-state index contributed by atoms with van der Waals surface area (Å²) < 4.78 is 2.98. The van der Waals surface area contributed by atoms with Crippen LogP contribution in [-0.4, -0.2) is 36.4 Å². The van der Waals surface area contributed by atoms with Crippen molar-refractivity contribution in [3.05, 3.63) is 47.5 Å². The van der Waals surface area contributed by atoms with Crippen molar-refractivity contribution in [3.63, 3.8) is 0 Å². The quantitative estimate of drug-likeness (QED) is 0.414. The molecule has 0 aliphatic rings. The molecule has 3 aromatic heterocycles. The van der Waals surface area contributed by atoms with Crippen LogP contribution in [0.3, 0.4) is 0 Å². The lowest BCUT2D eigenvalue weighted by atomic mass is 10.2. The van der Waals surface area contributed by atoms with Crippen LogP contribution in [-0.2, 0) is 11.8 Å². The zero-order valence-electron chi connectivity index (χ0n) is 15.1. The molecule has 0 radical (unpaired) electrons. The first-order chi connectivity index (χ1) is 14.1. The van der Waals surface area contributed by atoms with Crippen molar-refractivity contribution in [1.29, 1.82) is 0 Å². The molecule has 0 aliphatic carbocycles. The van der Waals surface area contributed by atoms with E-state index in [0.29, 0.717) is 26.5 Å². The predicted octanol–water partition coefficient (Wildman–Crippen LogP) is 4.51.